The van der Waals surface area contributed by atoms with Gasteiger partial charge in [-0.2, -0.15) is 0 Å². The topological polar surface area (TPSA) is 41.9 Å². The molecule has 0 unspecified atom stereocenters. The first-order chi connectivity index (χ1) is 14.1. The van der Waals surface area contributed by atoms with Crippen LogP contribution in [0.4, 0.5) is 10.2 Å². The van der Waals surface area contributed by atoms with Gasteiger partial charge in [0.25, 0.3) is 0 Å². The molecule has 0 N–H and O–H groups in total. The van der Waals surface area contributed by atoms with Crippen LogP contribution in [-0.4, -0.2) is 22.0 Å². The Morgan fingerprint density at radius 3 is 2.31 bits per heavy atom. The van der Waals surface area contributed by atoms with Crippen molar-refractivity contribution < 1.29 is 4.39 Å². The van der Waals surface area contributed by atoms with E-state index in [9.17, 15) is 4.39 Å². The smallest absolute Gasteiger partial charge is 0.132 e. The average Bonchev–Trinajstić information content (AvgIpc) is 2.74. The molecule has 4 nitrogen and oxygen atoms in total. The summed E-state index contributed by atoms with van der Waals surface area (Å²) < 4.78 is 13.2. The largest absolute Gasteiger partial charge is 0.355 e. The predicted octanol–water partition coefficient (Wildman–Crippen LogP) is 5.29. The van der Waals surface area contributed by atoms with Crippen molar-refractivity contribution in [3.63, 3.8) is 0 Å². The van der Waals surface area contributed by atoms with Gasteiger partial charge in [-0.05, 0) is 36.2 Å². The Bertz CT molecular complexity index is 1110. The van der Waals surface area contributed by atoms with Crippen molar-refractivity contribution in [3.8, 4) is 22.4 Å². The maximum atomic E-state index is 13.2. The van der Waals surface area contributed by atoms with E-state index < -0.39 is 0 Å². The van der Waals surface area contributed by atoms with Gasteiger partial charge in [0.2, 0.25) is 0 Å². The molecular weight excluding hydrogens is 363 g/mol. The van der Waals surface area contributed by atoms with Crippen LogP contribution in [0.25, 0.3) is 22.4 Å². The molecule has 0 aliphatic rings. The van der Waals surface area contributed by atoms with E-state index in [1.807, 2.05) is 44.3 Å². The Kier molecular flexibility index (Phi) is 5.29. The first-order valence-corrected chi connectivity index (χ1v) is 9.40. The van der Waals surface area contributed by atoms with Crippen LogP contribution in [0.2, 0.25) is 0 Å². The third kappa shape index (κ3) is 4.46. The second kappa shape index (κ2) is 8.19. The molecule has 0 fully saturated rings. The molecular formula is C24H21FN4. The quantitative estimate of drug-likeness (QED) is 0.469. The second-order valence-corrected chi connectivity index (χ2v) is 6.97. The molecule has 5 heteroatoms. The van der Waals surface area contributed by atoms with Gasteiger partial charge in [0.05, 0.1) is 5.69 Å². The van der Waals surface area contributed by atoms with E-state index >= 15 is 0 Å². The molecule has 29 heavy (non-hydrogen) atoms. The van der Waals surface area contributed by atoms with Crippen molar-refractivity contribution in [1.82, 2.24) is 15.0 Å². The number of rotatable bonds is 5. The molecule has 0 amide bonds. The summed E-state index contributed by atoms with van der Waals surface area (Å²) in [7, 11) is 2.02. The highest BCUT2D eigenvalue weighted by Crippen LogP contribution is 2.26. The molecule has 0 spiro atoms. The number of aromatic nitrogens is 3. The minimum atomic E-state index is -0.254. The molecule has 0 aliphatic heterocycles. The molecule has 144 valence electrons. The highest BCUT2D eigenvalue weighted by Gasteiger charge is 2.10. The summed E-state index contributed by atoms with van der Waals surface area (Å²) in [6.45, 7) is 2.64. The van der Waals surface area contributed by atoms with E-state index in [4.69, 9.17) is 0 Å². The number of nitrogens with zero attached hydrogens (tertiary/aromatic N) is 4. The number of hydrogen-bond acceptors (Lipinski definition) is 4. The van der Waals surface area contributed by atoms with Crippen LogP contribution in [-0.2, 0) is 6.54 Å². The summed E-state index contributed by atoms with van der Waals surface area (Å²) in [6, 6.07) is 20.7. The standard InChI is InChI=1S/C24H21FN4/c1-17-27-23(13-24(28-17)29(2)16-18-6-4-3-5-7-18)21-12-20(14-26-15-21)19-8-10-22(25)11-9-19/h3-15H,16H2,1-2H3. The van der Waals surface area contributed by atoms with Crippen molar-refractivity contribution in [2.45, 2.75) is 13.5 Å². The molecule has 2 aromatic carbocycles. The van der Waals surface area contributed by atoms with Gasteiger partial charge in [-0.25, -0.2) is 14.4 Å². The Labute approximate surface area is 169 Å². The fourth-order valence-electron chi connectivity index (χ4n) is 3.21. The minimum absolute atomic E-state index is 0.254. The zero-order chi connectivity index (χ0) is 20.2. The molecule has 0 saturated heterocycles. The third-order valence-corrected chi connectivity index (χ3v) is 4.69. The second-order valence-electron chi connectivity index (χ2n) is 6.97. The summed E-state index contributed by atoms with van der Waals surface area (Å²) in [5.74, 6) is 1.29. The summed E-state index contributed by atoms with van der Waals surface area (Å²) in [5, 5.41) is 0. The zero-order valence-electron chi connectivity index (χ0n) is 16.4. The van der Waals surface area contributed by atoms with Crippen LogP contribution >= 0.6 is 0 Å². The van der Waals surface area contributed by atoms with Crippen LogP contribution in [0.5, 0.6) is 0 Å². The zero-order valence-corrected chi connectivity index (χ0v) is 16.4. The maximum absolute atomic E-state index is 13.2. The number of aryl methyl sites for hydroxylation is 1. The Morgan fingerprint density at radius 1 is 0.828 bits per heavy atom. The van der Waals surface area contributed by atoms with E-state index in [1.165, 1.54) is 17.7 Å². The number of hydrogen-bond donors (Lipinski definition) is 0. The van der Waals surface area contributed by atoms with E-state index in [2.05, 4.69) is 32.0 Å². The lowest BCUT2D eigenvalue weighted by Gasteiger charge is -2.19. The lowest BCUT2D eigenvalue weighted by atomic mass is 10.0. The lowest BCUT2D eigenvalue weighted by molar-refractivity contribution is 0.628. The molecule has 2 heterocycles. The molecule has 4 aromatic rings. The van der Waals surface area contributed by atoms with Crippen LogP contribution in [0, 0.1) is 12.7 Å². The van der Waals surface area contributed by atoms with Gasteiger partial charge in [-0.15, -0.1) is 0 Å². The van der Waals surface area contributed by atoms with Crippen LogP contribution < -0.4 is 4.90 Å². The number of pyridine rings is 1. The van der Waals surface area contributed by atoms with Gasteiger partial charge in [0, 0.05) is 43.2 Å². The Hall–Kier alpha value is -3.60. The van der Waals surface area contributed by atoms with Crippen LogP contribution in [0.3, 0.4) is 0 Å². The summed E-state index contributed by atoms with van der Waals surface area (Å²) in [6.07, 6.45) is 3.56. The van der Waals surface area contributed by atoms with Gasteiger partial charge in [-0.3, -0.25) is 4.98 Å². The van der Waals surface area contributed by atoms with Crippen LogP contribution in [0.15, 0.2) is 79.1 Å². The van der Waals surface area contributed by atoms with Crippen molar-refractivity contribution in [2.75, 3.05) is 11.9 Å². The van der Waals surface area contributed by atoms with Crippen molar-refractivity contribution in [3.05, 3.63) is 96.3 Å². The maximum Gasteiger partial charge on any atom is 0.132 e. The molecule has 4 rings (SSSR count). The van der Waals surface area contributed by atoms with Crippen molar-refractivity contribution >= 4 is 5.82 Å². The van der Waals surface area contributed by atoms with Gasteiger partial charge in [-0.1, -0.05) is 42.5 Å². The van der Waals surface area contributed by atoms with Crippen LogP contribution in [0.1, 0.15) is 11.4 Å². The predicted molar refractivity (Wildman–Crippen MR) is 114 cm³/mol. The minimum Gasteiger partial charge on any atom is -0.355 e. The van der Waals surface area contributed by atoms with E-state index in [-0.39, 0.29) is 5.82 Å². The average molecular weight is 384 g/mol. The molecule has 0 aliphatic carbocycles. The van der Waals surface area contributed by atoms with E-state index in [0.717, 1.165) is 34.7 Å². The number of benzene rings is 2. The van der Waals surface area contributed by atoms with Crippen molar-refractivity contribution in [1.29, 1.82) is 0 Å². The fourth-order valence-corrected chi connectivity index (χ4v) is 3.21. The van der Waals surface area contributed by atoms with E-state index in [0.29, 0.717) is 5.82 Å². The third-order valence-electron chi connectivity index (χ3n) is 4.69. The highest BCUT2D eigenvalue weighted by atomic mass is 19.1. The summed E-state index contributed by atoms with van der Waals surface area (Å²) in [5.41, 5.74) is 4.74. The normalized spacial score (nSPS) is 10.7. The SMILES string of the molecule is Cc1nc(-c2cncc(-c3ccc(F)cc3)c2)cc(N(C)Cc2ccccc2)n1. The highest BCUT2D eigenvalue weighted by molar-refractivity contribution is 5.71. The monoisotopic (exact) mass is 384 g/mol. The number of anilines is 1. The molecule has 0 saturated carbocycles. The number of halogens is 1. The van der Waals surface area contributed by atoms with Gasteiger partial charge in [0.1, 0.15) is 17.5 Å². The van der Waals surface area contributed by atoms with Crippen molar-refractivity contribution in [2.24, 2.45) is 0 Å². The lowest BCUT2D eigenvalue weighted by Crippen LogP contribution is -2.18. The Morgan fingerprint density at radius 2 is 1.55 bits per heavy atom. The molecule has 0 bridgehead atoms. The molecule has 0 atom stereocenters. The van der Waals surface area contributed by atoms with Gasteiger partial charge >= 0.3 is 0 Å². The molecule has 0 radical (unpaired) electrons. The summed E-state index contributed by atoms with van der Waals surface area (Å²) in [4.78, 5) is 15.7. The fraction of sp³-hybridized carbons (Fsp3) is 0.125. The first-order valence-electron chi connectivity index (χ1n) is 9.40. The summed E-state index contributed by atoms with van der Waals surface area (Å²) >= 11 is 0. The van der Waals surface area contributed by atoms with E-state index in [1.54, 1.807) is 24.5 Å². The van der Waals surface area contributed by atoms with Gasteiger partial charge in [0.15, 0.2) is 0 Å². The molecule has 2 aromatic heterocycles. The Balaban J connectivity index is 1.65. The van der Waals surface area contributed by atoms with Gasteiger partial charge < -0.3 is 4.90 Å². The first kappa shape index (κ1) is 18.7.